The van der Waals surface area contributed by atoms with Crippen molar-refractivity contribution in [2.45, 2.75) is 64.7 Å². The largest absolute Gasteiger partial charge is 0.496 e. The summed E-state index contributed by atoms with van der Waals surface area (Å²) in [7, 11) is -0.394. The maximum absolute atomic E-state index is 6.00. The van der Waals surface area contributed by atoms with Gasteiger partial charge in [0.1, 0.15) is 0 Å². The molecule has 1 aliphatic heterocycles. The molecule has 0 spiro atoms. The average molecular weight is 306 g/mol. The van der Waals surface area contributed by atoms with Crippen molar-refractivity contribution >= 4 is 12.6 Å². The summed E-state index contributed by atoms with van der Waals surface area (Å²) in [5, 5.41) is 0. The molecule has 2 heterocycles. The minimum Gasteiger partial charge on any atom is -0.478 e. The van der Waals surface area contributed by atoms with Crippen LogP contribution in [0.4, 0.5) is 0 Å². The number of rotatable bonds is 5. The summed E-state index contributed by atoms with van der Waals surface area (Å²) in [5.74, 6) is 0.588. The third kappa shape index (κ3) is 4.00. The van der Waals surface area contributed by atoms with Gasteiger partial charge in [0.05, 0.1) is 17.8 Å². The molecule has 5 nitrogen and oxygen atoms in total. The van der Waals surface area contributed by atoms with Crippen LogP contribution in [-0.4, -0.2) is 35.5 Å². The van der Waals surface area contributed by atoms with Crippen LogP contribution in [0, 0.1) is 0 Å². The minimum atomic E-state index is -0.394. The van der Waals surface area contributed by atoms with Gasteiger partial charge in [0, 0.05) is 17.2 Å². The summed E-state index contributed by atoms with van der Waals surface area (Å²) in [5.41, 5.74) is 5.89. The van der Waals surface area contributed by atoms with Gasteiger partial charge in [0.15, 0.2) is 0 Å². The van der Waals surface area contributed by atoms with Gasteiger partial charge in [-0.25, -0.2) is 4.98 Å². The van der Waals surface area contributed by atoms with E-state index >= 15 is 0 Å². The van der Waals surface area contributed by atoms with E-state index in [0.717, 1.165) is 11.9 Å². The molecule has 0 amide bonds. The van der Waals surface area contributed by atoms with Crippen molar-refractivity contribution in [1.29, 1.82) is 0 Å². The van der Waals surface area contributed by atoms with Gasteiger partial charge in [-0.05, 0) is 54.0 Å². The predicted octanol–water partition coefficient (Wildman–Crippen LogP) is 1.89. The number of nitrogens with zero attached hydrogens (tertiary/aromatic N) is 1. The zero-order valence-corrected chi connectivity index (χ0v) is 14.5. The van der Waals surface area contributed by atoms with Crippen LogP contribution in [0.2, 0.25) is 0 Å². The first-order valence-corrected chi connectivity index (χ1v) is 7.73. The Kier molecular flexibility index (Phi) is 4.57. The normalized spacial score (nSPS) is 20.2. The molecule has 6 heteroatoms. The lowest BCUT2D eigenvalue weighted by Crippen LogP contribution is -2.41. The highest BCUT2D eigenvalue weighted by Crippen LogP contribution is 2.36. The van der Waals surface area contributed by atoms with Crippen LogP contribution in [0.1, 0.15) is 48.0 Å². The molecule has 0 radical (unpaired) electrons. The van der Waals surface area contributed by atoms with Crippen LogP contribution in [0.15, 0.2) is 18.3 Å². The summed E-state index contributed by atoms with van der Waals surface area (Å²) < 4.78 is 17.6. The molecule has 1 aromatic heterocycles. The first-order chi connectivity index (χ1) is 10.0. The first-order valence-electron chi connectivity index (χ1n) is 7.73. The van der Waals surface area contributed by atoms with Gasteiger partial charge in [-0.2, -0.15) is 0 Å². The van der Waals surface area contributed by atoms with E-state index in [1.54, 1.807) is 6.20 Å². The Morgan fingerprint density at radius 1 is 1.18 bits per heavy atom. The Bertz CT molecular complexity index is 493. The van der Waals surface area contributed by atoms with Gasteiger partial charge >= 0.3 is 7.12 Å². The van der Waals surface area contributed by atoms with Crippen LogP contribution in [0.5, 0.6) is 5.88 Å². The molecule has 22 heavy (non-hydrogen) atoms. The minimum absolute atomic E-state index is 0.233. The third-order valence-electron chi connectivity index (χ3n) is 4.28. The summed E-state index contributed by atoms with van der Waals surface area (Å²) in [6.45, 7) is 12.6. The van der Waals surface area contributed by atoms with Gasteiger partial charge in [-0.1, -0.05) is 6.07 Å². The van der Waals surface area contributed by atoms with Crippen molar-refractivity contribution in [3.05, 3.63) is 18.3 Å². The molecule has 0 atom stereocenters. The molecule has 0 saturated carbocycles. The predicted molar refractivity (Wildman–Crippen MR) is 88.3 cm³/mol. The van der Waals surface area contributed by atoms with Crippen molar-refractivity contribution in [2.24, 2.45) is 5.73 Å². The van der Waals surface area contributed by atoms with Crippen LogP contribution in [-0.2, 0) is 9.31 Å². The lowest BCUT2D eigenvalue weighted by atomic mass is 9.80. The Morgan fingerprint density at radius 2 is 1.77 bits per heavy atom. The maximum atomic E-state index is 6.00. The second kappa shape index (κ2) is 5.83. The summed E-state index contributed by atoms with van der Waals surface area (Å²) in [6.07, 6.45) is 2.51. The highest BCUT2D eigenvalue weighted by Gasteiger charge is 2.51. The van der Waals surface area contributed by atoms with E-state index in [1.165, 1.54) is 0 Å². The molecule has 2 rings (SSSR count). The second-order valence-corrected chi connectivity index (χ2v) is 7.61. The van der Waals surface area contributed by atoms with Crippen molar-refractivity contribution in [3.63, 3.8) is 0 Å². The number of hydrogen-bond acceptors (Lipinski definition) is 5. The first kappa shape index (κ1) is 17.3. The van der Waals surface area contributed by atoms with E-state index in [0.29, 0.717) is 12.5 Å². The van der Waals surface area contributed by atoms with Crippen molar-refractivity contribution in [1.82, 2.24) is 4.98 Å². The highest BCUT2D eigenvalue weighted by atomic mass is 16.7. The molecule has 0 aromatic carbocycles. The van der Waals surface area contributed by atoms with E-state index in [-0.39, 0.29) is 16.7 Å². The van der Waals surface area contributed by atoms with Crippen LogP contribution in [0.25, 0.3) is 0 Å². The SMILES string of the molecule is CC(C)(N)CCOc1ccc(B2OC(C)(C)C(C)(C)O2)cn1. The molecule has 1 saturated heterocycles. The molecular weight excluding hydrogens is 279 g/mol. The molecule has 0 unspecified atom stereocenters. The van der Waals surface area contributed by atoms with E-state index in [1.807, 2.05) is 53.7 Å². The Labute approximate surface area is 133 Å². The summed E-state index contributed by atoms with van der Waals surface area (Å²) in [4.78, 5) is 4.32. The van der Waals surface area contributed by atoms with Gasteiger partial charge < -0.3 is 19.8 Å². The van der Waals surface area contributed by atoms with E-state index in [2.05, 4.69) is 4.98 Å². The highest BCUT2D eigenvalue weighted by molar-refractivity contribution is 6.62. The number of hydrogen-bond donors (Lipinski definition) is 1. The fourth-order valence-corrected chi connectivity index (χ4v) is 2.01. The lowest BCUT2D eigenvalue weighted by molar-refractivity contribution is 0.00578. The molecule has 1 aromatic rings. The van der Waals surface area contributed by atoms with E-state index < -0.39 is 7.12 Å². The molecule has 0 aliphatic carbocycles. The zero-order valence-electron chi connectivity index (χ0n) is 14.5. The summed E-state index contributed by atoms with van der Waals surface area (Å²) in [6, 6.07) is 3.77. The van der Waals surface area contributed by atoms with Gasteiger partial charge in [-0.15, -0.1) is 0 Å². The van der Waals surface area contributed by atoms with E-state index in [9.17, 15) is 0 Å². The molecule has 2 N–H and O–H groups in total. The Morgan fingerprint density at radius 3 is 2.23 bits per heavy atom. The molecular formula is C16H27BN2O3. The monoisotopic (exact) mass is 306 g/mol. The van der Waals surface area contributed by atoms with Gasteiger partial charge in [0.2, 0.25) is 5.88 Å². The zero-order chi connectivity index (χ0) is 16.6. The molecule has 122 valence electrons. The number of aromatic nitrogens is 1. The number of pyridine rings is 1. The van der Waals surface area contributed by atoms with Crippen LogP contribution >= 0.6 is 0 Å². The molecule has 1 aliphatic rings. The van der Waals surface area contributed by atoms with Gasteiger partial charge in [0.25, 0.3) is 0 Å². The lowest BCUT2D eigenvalue weighted by Gasteiger charge is -2.32. The Hall–Kier alpha value is -1.11. The smallest absolute Gasteiger partial charge is 0.478 e. The Balaban J connectivity index is 1.96. The topological polar surface area (TPSA) is 66.6 Å². The average Bonchev–Trinajstić information content (AvgIpc) is 2.58. The fourth-order valence-electron chi connectivity index (χ4n) is 2.01. The van der Waals surface area contributed by atoms with Crippen molar-refractivity contribution in [2.75, 3.05) is 6.61 Å². The third-order valence-corrected chi connectivity index (χ3v) is 4.28. The van der Waals surface area contributed by atoms with Crippen LogP contribution < -0.4 is 15.9 Å². The maximum Gasteiger partial charge on any atom is 0.496 e. The standard InChI is InChI=1S/C16H27BN2O3/c1-14(2,18)9-10-20-13-8-7-12(11-19-13)17-21-15(3,4)16(5,6)22-17/h7-8,11H,9-10,18H2,1-6H3. The van der Waals surface area contributed by atoms with E-state index in [4.69, 9.17) is 19.8 Å². The molecule has 1 fully saturated rings. The summed E-state index contributed by atoms with van der Waals surface area (Å²) >= 11 is 0. The van der Waals surface area contributed by atoms with Crippen LogP contribution in [0.3, 0.4) is 0 Å². The van der Waals surface area contributed by atoms with Crippen molar-refractivity contribution < 1.29 is 14.0 Å². The van der Waals surface area contributed by atoms with Crippen molar-refractivity contribution in [3.8, 4) is 5.88 Å². The second-order valence-electron chi connectivity index (χ2n) is 7.61. The number of nitrogens with two attached hydrogens (primary N) is 1. The fraction of sp³-hybridized carbons (Fsp3) is 0.688. The number of ether oxygens (including phenoxy) is 1. The molecule has 0 bridgehead atoms. The quantitative estimate of drug-likeness (QED) is 0.842. The van der Waals surface area contributed by atoms with Gasteiger partial charge in [-0.3, -0.25) is 0 Å².